The first-order chi connectivity index (χ1) is 18.0. The van der Waals surface area contributed by atoms with Crippen molar-refractivity contribution in [1.29, 1.82) is 0 Å². The fourth-order valence-corrected chi connectivity index (χ4v) is 4.20. The van der Waals surface area contributed by atoms with Crippen LogP contribution >= 0.6 is 11.6 Å². The SMILES string of the molecule is Oc1ccc(-c2cc(-c3ccc(O)cc3)nc(NCCCCNc3ccnc4cc(Cl)ccc34)n2)cc1. The van der Waals surface area contributed by atoms with Crippen molar-refractivity contribution in [3.63, 3.8) is 0 Å². The Morgan fingerprint density at radius 3 is 1.89 bits per heavy atom. The highest BCUT2D eigenvalue weighted by atomic mass is 35.5. The molecule has 0 fully saturated rings. The summed E-state index contributed by atoms with van der Waals surface area (Å²) in [6.45, 7) is 1.53. The number of rotatable bonds is 9. The molecule has 5 rings (SSSR count). The Labute approximate surface area is 219 Å². The molecule has 37 heavy (non-hydrogen) atoms. The van der Waals surface area contributed by atoms with E-state index in [9.17, 15) is 10.2 Å². The molecule has 0 bridgehead atoms. The second kappa shape index (κ2) is 11.1. The molecule has 0 atom stereocenters. The van der Waals surface area contributed by atoms with Crippen molar-refractivity contribution in [2.45, 2.75) is 12.8 Å². The Kier molecular flexibility index (Phi) is 7.33. The number of pyridine rings is 1. The second-order valence-electron chi connectivity index (χ2n) is 8.64. The third-order valence-corrected chi connectivity index (χ3v) is 6.19. The number of hydrogen-bond acceptors (Lipinski definition) is 7. The highest BCUT2D eigenvalue weighted by Gasteiger charge is 2.09. The Morgan fingerprint density at radius 2 is 1.27 bits per heavy atom. The van der Waals surface area contributed by atoms with Crippen LogP contribution < -0.4 is 10.6 Å². The van der Waals surface area contributed by atoms with Gasteiger partial charge in [-0.3, -0.25) is 4.98 Å². The third-order valence-electron chi connectivity index (χ3n) is 5.96. The van der Waals surface area contributed by atoms with E-state index >= 15 is 0 Å². The topological polar surface area (TPSA) is 103 Å². The zero-order valence-electron chi connectivity index (χ0n) is 20.0. The minimum Gasteiger partial charge on any atom is -0.508 e. The lowest BCUT2D eigenvalue weighted by Gasteiger charge is -2.12. The quantitative estimate of drug-likeness (QED) is 0.163. The molecule has 0 spiro atoms. The van der Waals surface area contributed by atoms with Gasteiger partial charge in [-0.05, 0) is 91.7 Å². The zero-order chi connectivity index (χ0) is 25.6. The lowest BCUT2D eigenvalue weighted by Crippen LogP contribution is -2.09. The van der Waals surface area contributed by atoms with Crippen molar-refractivity contribution in [1.82, 2.24) is 15.0 Å². The van der Waals surface area contributed by atoms with Gasteiger partial charge < -0.3 is 20.8 Å². The number of aromatic hydroxyl groups is 2. The molecule has 0 saturated carbocycles. The number of halogens is 1. The number of benzene rings is 3. The highest BCUT2D eigenvalue weighted by Crippen LogP contribution is 2.28. The maximum atomic E-state index is 9.66. The van der Waals surface area contributed by atoms with E-state index in [1.54, 1.807) is 30.5 Å². The summed E-state index contributed by atoms with van der Waals surface area (Å²) in [5, 5.41) is 27.9. The van der Waals surface area contributed by atoms with Gasteiger partial charge in [-0.2, -0.15) is 0 Å². The number of unbranched alkanes of at least 4 members (excludes halogenated alkanes) is 1. The van der Waals surface area contributed by atoms with Crippen molar-refractivity contribution in [2.24, 2.45) is 0 Å². The van der Waals surface area contributed by atoms with Crippen LogP contribution in [0.2, 0.25) is 5.02 Å². The van der Waals surface area contributed by atoms with E-state index in [1.165, 1.54) is 0 Å². The summed E-state index contributed by atoms with van der Waals surface area (Å²) in [4.78, 5) is 13.8. The normalized spacial score (nSPS) is 10.9. The van der Waals surface area contributed by atoms with Gasteiger partial charge in [-0.25, -0.2) is 9.97 Å². The average molecular weight is 512 g/mol. The van der Waals surface area contributed by atoms with Crippen LogP contribution in [0.15, 0.2) is 85.1 Å². The zero-order valence-corrected chi connectivity index (χ0v) is 20.8. The molecule has 186 valence electrons. The van der Waals surface area contributed by atoms with Crippen LogP contribution in [0.4, 0.5) is 11.6 Å². The molecular formula is C29H26ClN5O2. The maximum absolute atomic E-state index is 9.66. The molecule has 2 heterocycles. The van der Waals surface area contributed by atoms with Crippen LogP contribution in [-0.2, 0) is 0 Å². The van der Waals surface area contributed by atoms with Gasteiger partial charge >= 0.3 is 0 Å². The van der Waals surface area contributed by atoms with Gasteiger partial charge in [0.05, 0.1) is 16.9 Å². The van der Waals surface area contributed by atoms with Crippen molar-refractivity contribution in [3.05, 3.63) is 90.1 Å². The van der Waals surface area contributed by atoms with Gasteiger partial charge in [-0.15, -0.1) is 0 Å². The van der Waals surface area contributed by atoms with E-state index in [0.29, 0.717) is 17.5 Å². The summed E-state index contributed by atoms with van der Waals surface area (Å²) in [7, 11) is 0. The lowest BCUT2D eigenvalue weighted by atomic mass is 10.1. The number of anilines is 2. The molecule has 7 nitrogen and oxygen atoms in total. The van der Waals surface area contributed by atoms with Gasteiger partial charge in [0.2, 0.25) is 5.95 Å². The summed E-state index contributed by atoms with van der Waals surface area (Å²) in [5.41, 5.74) is 5.14. The van der Waals surface area contributed by atoms with Gasteiger partial charge in [-0.1, -0.05) is 11.6 Å². The molecule has 0 saturated heterocycles. The van der Waals surface area contributed by atoms with Crippen molar-refractivity contribution in [3.8, 4) is 34.0 Å². The summed E-state index contributed by atoms with van der Waals surface area (Å²) in [5.74, 6) is 0.929. The molecule has 4 N–H and O–H groups in total. The molecule has 0 aliphatic carbocycles. The first-order valence-electron chi connectivity index (χ1n) is 12.0. The van der Waals surface area contributed by atoms with Gasteiger partial charge in [0.15, 0.2) is 0 Å². The number of nitrogens with zero attached hydrogens (tertiary/aromatic N) is 3. The fraction of sp³-hybridized carbons (Fsp3) is 0.138. The fourth-order valence-electron chi connectivity index (χ4n) is 4.04. The summed E-state index contributed by atoms with van der Waals surface area (Å²) in [6, 6.07) is 23.4. The number of hydrogen-bond donors (Lipinski definition) is 4. The molecule has 0 radical (unpaired) electrons. The van der Waals surface area contributed by atoms with E-state index in [1.807, 2.05) is 54.6 Å². The third kappa shape index (κ3) is 6.08. The van der Waals surface area contributed by atoms with Crippen molar-refractivity contribution >= 4 is 34.1 Å². The minimum absolute atomic E-state index is 0.201. The summed E-state index contributed by atoms with van der Waals surface area (Å²) in [6.07, 6.45) is 3.66. The van der Waals surface area contributed by atoms with Crippen molar-refractivity contribution < 1.29 is 10.2 Å². The van der Waals surface area contributed by atoms with Gasteiger partial charge in [0, 0.05) is 46.5 Å². The standard InChI is InChI=1S/C29H26ClN5O2/c30-21-7-12-24-25(13-16-32-28(24)17-21)31-14-1-2-15-33-29-34-26(19-3-8-22(36)9-4-19)18-27(35-29)20-5-10-23(37)11-6-20/h3-13,16-18,36-37H,1-2,14-15H2,(H,31,32)(H,33,34,35). The Morgan fingerprint density at radius 1 is 0.676 bits per heavy atom. The lowest BCUT2D eigenvalue weighted by molar-refractivity contribution is 0.475. The first kappa shape index (κ1) is 24.3. The highest BCUT2D eigenvalue weighted by molar-refractivity contribution is 6.31. The Hall–Kier alpha value is -4.36. The van der Waals surface area contributed by atoms with Crippen LogP contribution in [0.5, 0.6) is 11.5 Å². The number of aromatic nitrogens is 3. The molecule has 2 aromatic heterocycles. The summed E-state index contributed by atoms with van der Waals surface area (Å²) < 4.78 is 0. The summed E-state index contributed by atoms with van der Waals surface area (Å²) >= 11 is 6.09. The van der Waals surface area contributed by atoms with Crippen LogP contribution in [-0.4, -0.2) is 38.3 Å². The average Bonchev–Trinajstić information content (AvgIpc) is 2.91. The van der Waals surface area contributed by atoms with E-state index in [-0.39, 0.29) is 11.5 Å². The van der Waals surface area contributed by atoms with Gasteiger partial charge in [0.1, 0.15) is 11.5 Å². The van der Waals surface area contributed by atoms with Crippen molar-refractivity contribution in [2.75, 3.05) is 23.7 Å². The Balaban J connectivity index is 1.23. The second-order valence-corrected chi connectivity index (χ2v) is 9.07. The van der Waals surface area contributed by atoms with E-state index in [0.717, 1.165) is 58.5 Å². The minimum atomic E-state index is 0.201. The van der Waals surface area contributed by atoms with Crippen LogP contribution in [0.3, 0.4) is 0 Å². The maximum Gasteiger partial charge on any atom is 0.223 e. The smallest absolute Gasteiger partial charge is 0.223 e. The van der Waals surface area contributed by atoms with Crippen LogP contribution in [0, 0.1) is 0 Å². The van der Waals surface area contributed by atoms with E-state index in [4.69, 9.17) is 21.6 Å². The largest absolute Gasteiger partial charge is 0.508 e. The van der Waals surface area contributed by atoms with Crippen LogP contribution in [0.1, 0.15) is 12.8 Å². The predicted octanol–water partition coefficient (Wildman–Crippen LogP) is 6.73. The van der Waals surface area contributed by atoms with E-state index in [2.05, 4.69) is 15.6 Å². The predicted molar refractivity (Wildman–Crippen MR) is 149 cm³/mol. The molecule has 0 amide bonds. The molecule has 0 aliphatic rings. The Bertz CT molecular complexity index is 1440. The van der Waals surface area contributed by atoms with E-state index < -0.39 is 0 Å². The number of nitrogens with one attached hydrogen (secondary N) is 2. The number of fused-ring (bicyclic) bond motifs is 1. The first-order valence-corrected chi connectivity index (χ1v) is 12.4. The monoisotopic (exact) mass is 511 g/mol. The van der Waals surface area contributed by atoms with Gasteiger partial charge in [0.25, 0.3) is 0 Å². The molecule has 3 aromatic carbocycles. The molecular weight excluding hydrogens is 486 g/mol. The molecule has 0 unspecified atom stereocenters. The number of phenolic OH excluding ortho intramolecular Hbond substituents is 2. The van der Waals surface area contributed by atoms with Crippen LogP contribution in [0.25, 0.3) is 33.4 Å². The number of phenols is 2. The molecule has 8 heteroatoms. The molecule has 5 aromatic rings. The molecule has 0 aliphatic heterocycles.